The molecule has 0 unspecified atom stereocenters. The fraction of sp³-hybridized carbons (Fsp3) is 0.562. The van der Waals surface area contributed by atoms with Crippen molar-refractivity contribution in [1.82, 2.24) is 4.90 Å². The Kier molecular flexibility index (Phi) is 4.08. The lowest BCUT2D eigenvalue weighted by atomic mass is 9.93. The zero-order valence-electron chi connectivity index (χ0n) is 12.4. The number of carbonyl (C=O) groups excluding carboxylic acids is 1. The third-order valence-electron chi connectivity index (χ3n) is 4.52. The second-order valence-electron chi connectivity index (χ2n) is 6.11. The number of halogens is 4. The summed E-state index contributed by atoms with van der Waals surface area (Å²) in [5.41, 5.74) is -2.83. The van der Waals surface area contributed by atoms with Gasteiger partial charge in [0, 0.05) is 19.6 Å². The molecule has 0 spiro atoms. The molecule has 0 N–H and O–H groups in total. The molecule has 1 aromatic rings. The zero-order valence-corrected chi connectivity index (χ0v) is 12.4. The average molecular weight is 331 g/mol. The SMILES string of the molecule is O=C([C@@H]1CCOC1)N1CC[C@@](F)(c2cccc(C(F)(F)F)c2)C1. The maximum absolute atomic E-state index is 15.1. The molecule has 2 fully saturated rings. The van der Waals surface area contributed by atoms with Gasteiger partial charge in [0.15, 0.2) is 5.67 Å². The van der Waals surface area contributed by atoms with Crippen molar-refractivity contribution in [1.29, 1.82) is 0 Å². The van der Waals surface area contributed by atoms with Gasteiger partial charge in [-0.05, 0) is 24.1 Å². The maximum Gasteiger partial charge on any atom is 0.416 e. The maximum atomic E-state index is 15.1. The van der Waals surface area contributed by atoms with Crippen LogP contribution in [0.5, 0.6) is 0 Å². The van der Waals surface area contributed by atoms with Crippen molar-refractivity contribution in [3.8, 4) is 0 Å². The van der Waals surface area contributed by atoms with Gasteiger partial charge in [0.25, 0.3) is 0 Å². The predicted molar refractivity (Wildman–Crippen MR) is 74.4 cm³/mol. The summed E-state index contributed by atoms with van der Waals surface area (Å²) in [6, 6.07) is 4.31. The minimum absolute atomic E-state index is 0.00757. The lowest BCUT2D eigenvalue weighted by molar-refractivity contribution is -0.138. The molecule has 2 saturated heterocycles. The molecular weight excluding hydrogens is 314 g/mol. The van der Waals surface area contributed by atoms with E-state index in [1.807, 2.05) is 0 Å². The van der Waals surface area contributed by atoms with Crippen LogP contribution in [0, 0.1) is 5.92 Å². The molecule has 23 heavy (non-hydrogen) atoms. The van der Waals surface area contributed by atoms with Crippen LogP contribution in [-0.2, 0) is 21.4 Å². The highest BCUT2D eigenvalue weighted by Crippen LogP contribution is 2.39. The van der Waals surface area contributed by atoms with Crippen molar-refractivity contribution >= 4 is 5.91 Å². The summed E-state index contributed by atoms with van der Waals surface area (Å²) in [6.07, 6.45) is -3.90. The van der Waals surface area contributed by atoms with Crippen molar-refractivity contribution in [2.24, 2.45) is 5.92 Å². The van der Waals surface area contributed by atoms with Gasteiger partial charge >= 0.3 is 6.18 Å². The number of carbonyl (C=O) groups is 1. The first-order valence-electron chi connectivity index (χ1n) is 7.53. The van der Waals surface area contributed by atoms with Gasteiger partial charge in [-0.15, -0.1) is 0 Å². The van der Waals surface area contributed by atoms with Crippen LogP contribution in [0.15, 0.2) is 24.3 Å². The van der Waals surface area contributed by atoms with Gasteiger partial charge in [-0.1, -0.05) is 12.1 Å². The van der Waals surface area contributed by atoms with E-state index in [-0.39, 0.29) is 36.9 Å². The molecule has 1 amide bonds. The van der Waals surface area contributed by atoms with Crippen LogP contribution in [0.2, 0.25) is 0 Å². The molecule has 0 saturated carbocycles. The normalized spacial score (nSPS) is 28.3. The minimum Gasteiger partial charge on any atom is -0.381 e. The van der Waals surface area contributed by atoms with Gasteiger partial charge in [0.2, 0.25) is 5.91 Å². The highest BCUT2D eigenvalue weighted by atomic mass is 19.4. The van der Waals surface area contributed by atoms with Gasteiger partial charge in [0.05, 0.1) is 24.6 Å². The largest absolute Gasteiger partial charge is 0.416 e. The quantitative estimate of drug-likeness (QED) is 0.779. The standard InChI is InChI=1S/C16H17F4NO2/c17-15(12-2-1-3-13(8-12)16(18,19)20)5-6-21(10-15)14(22)11-4-7-23-9-11/h1-3,8,11H,4-7,9-10H2/t11-,15+/m1/s1. The Morgan fingerprint density at radius 1 is 1.35 bits per heavy atom. The monoisotopic (exact) mass is 331 g/mol. The molecule has 2 aliphatic heterocycles. The Hall–Kier alpha value is -1.63. The van der Waals surface area contributed by atoms with Crippen LogP contribution >= 0.6 is 0 Å². The third-order valence-corrected chi connectivity index (χ3v) is 4.52. The summed E-state index contributed by atoms with van der Waals surface area (Å²) in [4.78, 5) is 13.7. The Balaban J connectivity index is 1.77. The number of ether oxygens (including phenoxy) is 1. The van der Waals surface area contributed by atoms with Crippen molar-refractivity contribution in [2.75, 3.05) is 26.3 Å². The van der Waals surface area contributed by atoms with Crippen LogP contribution in [0.3, 0.4) is 0 Å². The summed E-state index contributed by atoms with van der Waals surface area (Å²) in [6.45, 7) is 0.850. The molecule has 7 heteroatoms. The summed E-state index contributed by atoms with van der Waals surface area (Å²) in [7, 11) is 0. The van der Waals surface area contributed by atoms with Crippen molar-refractivity contribution < 1.29 is 27.1 Å². The molecular formula is C16H17F4NO2. The number of likely N-dealkylation sites (tertiary alicyclic amines) is 1. The van der Waals surface area contributed by atoms with Gasteiger partial charge in [-0.25, -0.2) is 4.39 Å². The molecule has 2 aliphatic rings. The van der Waals surface area contributed by atoms with E-state index in [4.69, 9.17) is 4.74 Å². The second-order valence-corrected chi connectivity index (χ2v) is 6.11. The molecule has 3 nitrogen and oxygen atoms in total. The predicted octanol–water partition coefficient (Wildman–Crippen LogP) is 3.14. The van der Waals surface area contributed by atoms with Gasteiger partial charge in [0.1, 0.15) is 0 Å². The van der Waals surface area contributed by atoms with Crippen molar-refractivity contribution in [2.45, 2.75) is 24.7 Å². The lowest BCUT2D eigenvalue weighted by Crippen LogP contribution is -2.36. The number of benzene rings is 1. The molecule has 0 bridgehead atoms. The number of hydrogen-bond donors (Lipinski definition) is 0. The molecule has 0 aliphatic carbocycles. The molecule has 3 rings (SSSR count). The number of amides is 1. The Morgan fingerprint density at radius 3 is 2.78 bits per heavy atom. The van der Waals surface area contributed by atoms with E-state index in [0.717, 1.165) is 12.1 Å². The van der Waals surface area contributed by atoms with Crippen molar-refractivity contribution in [3.63, 3.8) is 0 Å². The second kappa shape index (κ2) is 5.78. The van der Waals surface area contributed by atoms with E-state index in [1.165, 1.54) is 17.0 Å². The van der Waals surface area contributed by atoms with Crippen LogP contribution in [0.25, 0.3) is 0 Å². The topological polar surface area (TPSA) is 29.5 Å². The van der Waals surface area contributed by atoms with Crippen molar-refractivity contribution in [3.05, 3.63) is 35.4 Å². The first-order valence-corrected chi connectivity index (χ1v) is 7.53. The number of alkyl halides is 4. The van der Waals surface area contributed by atoms with E-state index in [0.29, 0.717) is 19.6 Å². The van der Waals surface area contributed by atoms with E-state index < -0.39 is 17.4 Å². The Morgan fingerprint density at radius 2 is 2.13 bits per heavy atom. The van der Waals surface area contributed by atoms with Gasteiger partial charge in [-0.2, -0.15) is 13.2 Å². The highest BCUT2D eigenvalue weighted by Gasteiger charge is 2.44. The summed E-state index contributed by atoms with van der Waals surface area (Å²) in [5, 5.41) is 0. The van der Waals surface area contributed by atoms with E-state index in [2.05, 4.69) is 0 Å². The minimum atomic E-state index is -4.51. The molecule has 2 atom stereocenters. The highest BCUT2D eigenvalue weighted by molar-refractivity contribution is 5.79. The molecule has 0 radical (unpaired) electrons. The Bertz CT molecular complexity index is 598. The van der Waals surface area contributed by atoms with E-state index >= 15 is 4.39 Å². The first kappa shape index (κ1) is 16.2. The molecule has 1 aromatic carbocycles. The number of rotatable bonds is 2. The third kappa shape index (κ3) is 3.20. The zero-order chi connectivity index (χ0) is 16.7. The number of hydrogen-bond acceptors (Lipinski definition) is 2. The smallest absolute Gasteiger partial charge is 0.381 e. The lowest BCUT2D eigenvalue weighted by Gasteiger charge is -2.23. The molecule has 0 aromatic heterocycles. The number of nitrogens with zero attached hydrogens (tertiary/aromatic N) is 1. The summed E-state index contributed by atoms with van der Waals surface area (Å²) < 4.78 is 58.6. The van der Waals surface area contributed by atoms with Crippen LogP contribution in [0.4, 0.5) is 17.6 Å². The Labute approximate surface area is 131 Å². The fourth-order valence-electron chi connectivity index (χ4n) is 3.16. The first-order chi connectivity index (χ1) is 10.8. The summed E-state index contributed by atoms with van der Waals surface area (Å²) in [5.74, 6) is -0.437. The van der Waals surface area contributed by atoms with E-state index in [9.17, 15) is 18.0 Å². The van der Waals surface area contributed by atoms with Gasteiger partial charge < -0.3 is 9.64 Å². The average Bonchev–Trinajstić information content (AvgIpc) is 3.16. The molecule has 126 valence electrons. The fourth-order valence-corrected chi connectivity index (χ4v) is 3.16. The van der Waals surface area contributed by atoms with Crippen LogP contribution in [0.1, 0.15) is 24.0 Å². The van der Waals surface area contributed by atoms with E-state index in [1.54, 1.807) is 0 Å². The van der Waals surface area contributed by atoms with Crippen LogP contribution < -0.4 is 0 Å². The van der Waals surface area contributed by atoms with Crippen LogP contribution in [-0.4, -0.2) is 37.1 Å². The molecule has 2 heterocycles. The van der Waals surface area contributed by atoms with Gasteiger partial charge in [-0.3, -0.25) is 4.79 Å². The summed E-state index contributed by atoms with van der Waals surface area (Å²) >= 11 is 0.